The summed E-state index contributed by atoms with van der Waals surface area (Å²) in [6.07, 6.45) is 1.77. The number of hydrogen-bond acceptors (Lipinski definition) is 3. The molecule has 0 spiro atoms. The third-order valence-electron chi connectivity index (χ3n) is 1.99. The molecule has 0 aliphatic carbocycles. The van der Waals surface area contributed by atoms with Crippen molar-refractivity contribution in [3.05, 3.63) is 35.8 Å². The highest BCUT2D eigenvalue weighted by atomic mass is 35.5. The van der Waals surface area contributed by atoms with Crippen LogP contribution < -0.4 is 4.74 Å². The van der Waals surface area contributed by atoms with Crippen LogP contribution >= 0.6 is 11.6 Å². The molecule has 0 amide bonds. The molecule has 0 aliphatic heterocycles. The second-order valence-electron chi connectivity index (χ2n) is 3.67. The summed E-state index contributed by atoms with van der Waals surface area (Å²) in [5, 5.41) is 0.150. The molecule has 84 valence electrons. The van der Waals surface area contributed by atoms with E-state index in [0.717, 1.165) is 11.3 Å². The maximum atomic E-state index is 5.61. The Morgan fingerprint density at radius 1 is 1.25 bits per heavy atom. The van der Waals surface area contributed by atoms with Crippen molar-refractivity contribution in [3.63, 3.8) is 0 Å². The van der Waals surface area contributed by atoms with Crippen LogP contribution in [-0.2, 0) is 0 Å². The molecule has 0 fully saturated rings. The summed E-state index contributed by atoms with van der Waals surface area (Å²) in [6, 6.07) is 7.61. The van der Waals surface area contributed by atoms with Gasteiger partial charge >= 0.3 is 0 Å². The van der Waals surface area contributed by atoms with Crippen molar-refractivity contribution in [2.24, 2.45) is 0 Å². The van der Waals surface area contributed by atoms with Crippen LogP contribution in [0.2, 0.25) is 5.35 Å². The Bertz CT molecular complexity index is 462. The standard InChI is InChI=1S/C12H12ClNO2/c1-8(2)15-10-5-3-9(4-6-10)11-7-14-12(13)16-11/h3-8H,1-2H3. The van der Waals surface area contributed by atoms with Crippen LogP contribution in [0.3, 0.4) is 0 Å². The summed E-state index contributed by atoms with van der Waals surface area (Å²) in [5.74, 6) is 1.49. The van der Waals surface area contributed by atoms with Gasteiger partial charge in [0.05, 0.1) is 12.3 Å². The molecule has 1 heterocycles. The summed E-state index contributed by atoms with van der Waals surface area (Å²) in [6.45, 7) is 3.98. The Labute approximate surface area is 99.0 Å². The molecule has 3 nitrogen and oxygen atoms in total. The number of nitrogens with zero attached hydrogens (tertiary/aromatic N) is 1. The van der Waals surface area contributed by atoms with Crippen LogP contribution in [-0.4, -0.2) is 11.1 Å². The van der Waals surface area contributed by atoms with Gasteiger partial charge in [0.25, 0.3) is 5.35 Å². The first-order valence-electron chi connectivity index (χ1n) is 5.03. The number of oxazole rings is 1. The van der Waals surface area contributed by atoms with E-state index in [1.807, 2.05) is 38.1 Å². The largest absolute Gasteiger partial charge is 0.491 e. The number of aromatic nitrogens is 1. The lowest BCUT2D eigenvalue weighted by molar-refractivity contribution is 0.242. The second-order valence-corrected chi connectivity index (χ2v) is 3.99. The van der Waals surface area contributed by atoms with E-state index < -0.39 is 0 Å². The van der Waals surface area contributed by atoms with E-state index in [0.29, 0.717) is 5.76 Å². The monoisotopic (exact) mass is 237 g/mol. The minimum atomic E-state index is 0.150. The third kappa shape index (κ3) is 2.55. The molecule has 0 saturated heterocycles. The van der Waals surface area contributed by atoms with Gasteiger partial charge in [-0.05, 0) is 49.7 Å². The highest BCUT2D eigenvalue weighted by Gasteiger charge is 2.05. The van der Waals surface area contributed by atoms with Gasteiger partial charge in [-0.2, -0.15) is 0 Å². The van der Waals surface area contributed by atoms with Crippen LogP contribution in [0.5, 0.6) is 5.75 Å². The topological polar surface area (TPSA) is 35.3 Å². The summed E-state index contributed by atoms with van der Waals surface area (Å²) in [5.41, 5.74) is 0.926. The summed E-state index contributed by atoms with van der Waals surface area (Å²) in [4.78, 5) is 3.83. The zero-order chi connectivity index (χ0) is 11.5. The molecule has 0 radical (unpaired) electrons. The lowest BCUT2D eigenvalue weighted by Crippen LogP contribution is -2.05. The predicted octanol–water partition coefficient (Wildman–Crippen LogP) is 3.78. The number of ether oxygens (including phenoxy) is 1. The van der Waals surface area contributed by atoms with Crippen molar-refractivity contribution < 1.29 is 9.15 Å². The van der Waals surface area contributed by atoms with Gasteiger partial charge in [0.2, 0.25) is 0 Å². The fourth-order valence-corrected chi connectivity index (χ4v) is 1.49. The van der Waals surface area contributed by atoms with Crippen molar-refractivity contribution in [2.45, 2.75) is 20.0 Å². The lowest BCUT2D eigenvalue weighted by atomic mass is 10.2. The average Bonchev–Trinajstić information content (AvgIpc) is 2.65. The fraction of sp³-hybridized carbons (Fsp3) is 0.250. The predicted molar refractivity (Wildman–Crippen MR) is 62.7 cm³/mol. The number of hydrogen-bond donors (Lipinski definition) is 0. The summed E-state index contributed by atoms with van der Waals surface area (Å²) >= 11 is 5.61. The molecular weight excluding hydrogens is 226 g/mol. The van der Waals surface area contributed by atoms with E-state index >= 15 is 0 Å². The minimum absolute atomic E-state index is 0.150. The maximum absolute atomic E-state index is 5.61. The molecule has 1 aromatic heterocycles. The molecule has 0 saturated carbocycles. The van der Waals surface area contributed by atoms with Crippen molar-refractivity contribution in [1.82, 2.24) is 4.98 Å². The van der Waals surface area contributed by atoms with Gasteiger partial charge in [0.1, 0.15) is 5.75 Å². The Morgan fingerprint density at radius 3 is 2.44 bits per heavy atom. The second kappa shape index (κ2) is 4.58. The smallest absolute Gasteiger partial charge is 0.292 e. The quantitative estimate of drug-likeness (QED) is 0.815. The van der Waals surface area contributed by atoms with Crippen LogP contribution in [0.1, 0.15) is 13.8 Å². The van der Waals surface area contributed by atoms with Crippen LogP contribution in [0, 0.1) is 0 Å². The van der Waals surface area contributed by atoms with E-state index in [4.69, 9.17) is 20.8 Å². The van der Waals surface area contributed by atoms with Gasteiger partial charge in [-0.15, -0.1) is 0 Å². The molecule has 2 aromatic rings. The van der Waals surface area contributed by atoms with Gasteiger partial charge in [-0.25, -0.2) is 4.98 Å². The normalized spacial score (nSPS) is 10.8. The first kappa shape index (κ1) is 11.0. The molecule has 0 unspecified atom stereocenters. The molecule has 0 N–H and O–H groups in total. The molecule has 1 aromatic carbocycles. The van der Waals surface area contributed by atoms with E-state index in [9.17, 15) is 0 Å². The first-order valence-corrected chi connectivity index (χ1v) is 5.41. The summed E-state index contributed by atoms with van der Waals surface area (Å²) < 4.78 is 10.7. The molecule has 0 atom stereocenters. The Balaban J connectivity index is 2.19. The van der Waals surface area contributed by atoms with E-state index in [2.05, 4.69) is 4.98 Å². The van der Waals surface area contributed by atoms with Crippen molar-refractivity contribution in [2.75, 3.05) is 0 Å². The van der Waals surface area contributed by atoms with Crippen LogP contribution in [0.4, 0.5) is 0 Å². The van der Waals surface area contributed by atoms with Crippen molar-refractivity contribution in [3.8, 4) is 17.1 Å². The van der Waals surface area contributed by atoms with Gasteiger partial charge in [0, 0.05) is 5.56 Å². The lowest BCUT2D eigenvalue weighted by Gasteiger charge is -2.09. The SMILES string of the molecule is CC(C)Oc1ccc(-c2cnc(Cl)o2)cc1. The number of rotatable bonds is 3. The van der Waals surface area contributed by atoms with Crippen LogP contribution in [0.25, 0.3) is 11.3 Å². The van der Waals surface area contributed by atoms with E-state index in [1.165, 1.54) is 0 Å². The van der Waals surface area contributed by atoms with Gasteiger partial charge in [-0.1, -0.05) is 0 Å². The van der Waals surface area contributed by atoms with Gasteiger partial charge in [0.15, 0.2) is 5.76 Å². The highest BCUT2D eigenvalue weighted by molar-refractivity contribution is 6.27. The third-order valence-corrected chi connectivity index (χ3v) is 2.16. The highest BCUT2D eigenvalue weighted by Crippen LogP contribution is 2.24. The zero-order valence-corrected chi connectivity index (χ0v) is 9.86. The summed E-state index contributed by atoms with van der Waals surface area (Å²) in [7, 11) is 0. The number of halogens is 1. The molecular formula is C12H12ClNO2. The molecule has 2 rings (SSSR count). The number of benzene rings is 1. The minimum Gasteiger partial charge on any atom is -0.491 e. The van der Waals surface area contributed by atoms with Crippen LogP contribution in [0.15, 0.2) is 34.9 Å². The van der Waals surface area contributed by atoms with Crippen molar-refractivity contribution >= 4 is 11.6 Å². The van der Waals surface area contributed by atoms with Crippen molar-refractivity contribution in [1.29, 1.82) is 0 Å². The Kier molecular flexibility index (Phi) is 3.15. The Hall–Kier alpha value is -1.48. The molecule has 16 heavy (non-hydrogen) atoms. The van der Waals surface area contributed by atoms with E-state index in [-0.39, 0.29) is 11.5 Å². The van der Waals surface area contributed by atoms with Gasteiger partial charge < -0.3 is 9.15 Å². The van der Waals surface area contributed by atoms with E-state index in [1.54, 1.807) is 6.20 Å². The molecule has 4 heteroatoms. The Morgan fingerprint density at radius 2 is 1.94 bits per heavy atom. The molecule has 0 aliphatic rings. The maximum Gasteiger partial charge on any atom is 0.292 e. The molecule has 0 bridgehead atoms. The average molecular weight is 238 g/mol. The zero-order valence-electron chi connectivity index (χ0n) is 9.11. The first-order chi connectivity index (χ1) is 7.65. The van der Waals surface area contributed by atoms with Gasteiger partial charge in [-0.3, -0.25) is 0 Å². The fourth-order valence-electron chi connectivity index (χ4n) is 1.36.